The molecule has 0 aromatic heterocycles. The van der Waals surface area contributed by atoms with Crippen LogP contribution in [0.2, 0.25) is 0 Å². The molecule has 0 N–H and O–H groups in total. The van der Waals surface area contributed by atoms with Gasteiger partial charge in [0.15, 0.2) is 9.84 Å². The minimum absolute atomic E-state index is 0.0919. The third-order valence-corrected chi connectivity index (χ3v) is 6.14. The van der Waals surface area contributed by atoms with Crippen molar-refractivity contribution in [2.75, 3.05) is 12.9 Å². The first-order valence-electron chi connectivity index (χ1n) is 6.44. The number of benzene rings is 1. The Hall–Kier alpha value is -1.08. The Balaban J connectivity index is 2.69. The molecule has 0 aliphatic carbocycles. The van der Waals surface area contributed by atoms with Crippen molar-refractivity contribution >= 4 is 31.9 Å². The second kappa shape index (κ2) is 5.61. The smallest absolute Gasteiger partial charge is 0.437 e. The zero-order chi connectivity index (χ0) is 15.8. The maximum absolute atomic E-state index is 12.5. The van der Waals surface area contributed by atoms with E-state index in [1.54, 1.807) is 12.1 Å². The summed E-state index contributed by atoms with van der Waals surface area (Å²) in [5, 5.41) is 0.276. The van der Waals surface area contributed by atoms with Crippen molar-refractivity contribution in [2.24, 2.45) is 0 Å². The summed E-state index contributed by atoms with van der Waals surface area (Å²) >= 11 is 3.29. The first-order chi connectivity index (χ1) is 9.73. The van der Waals surface area contributed by atoms with Crippen LogP contribution in [0, 0.1) is 0 Å². The van der Waals surface area contributed by atoms with Gasteiger partial charge in [-0.1, -0.05) is 35.8 Å². The lowest BCUT2D eigenvalue weighted by molar-refractivity contribution is 0.121. The average molecular weight is 377 g/mol. The van der Waals surface area contributed by atoms with E-state index in [0.29, 0.717) is 12.0 Å². The number of ether oxygens (including phenoxy) is 2. The van der Waals surface area contributed by atoms with Gasteiger partial charge in [-0.15, -0.1) is 0 Å². The molecule has 0 unspecified atom stereocenters. The molecule has 0 atom stereocenters. The highest BCUT2D eigenvalue weighted by Crippen LogP contribution is 2.43. The van der Waals surface area contributed by atoms with Crippen LogP contribution in [0.4, 0.5) is 4.79 Å². The van der Waals surface area contributed by atoms with Crippen molar-refractivity contribution in [3.05, 3.63) is 23.3 Å². The Labute approximate surface area is 132 Å². The largest absolute Gasteiger partial charge is 0.513 e. The van der Waals surface area contributed by atoms with Crippen LogP contribution in [0.5, 0.6) is 5.75 Å². The fourth-order valence-electron chi connectivity index (χ4n) is 2.48. The summed E-state index contributed by atoms with van der Waals surface area (Å²) in [5.41, 5.74) is 0.993. The summed E-state index contributed by atoms with van der Waals surface area (Å²) in [6.45, 7) is 4.03. The van der Waals surface area contributed by atoms with E-state index < -0.39 is 16.0 Å². The molecule has 0 bridgehead atoms. The van der Waals surface area contributed by atoms with E-state index in [2.05, 4.69) is 20.7 Å². The normalized spacial score (nSPS) is 18.7. The Morgan fingerprint density at radius 3 is 2.62 bits per heavy atom. The predicted molar refractivity (Wildman–Crippen MR) is 81.8 cm³/mol. The van der Waals surface area contributed by atoms with Gasteiger partial charge in [-0.2, -0.15) is 0 Å². The highest BCUT2D eigenvalue weighted by molar-refractivity contribution is 9.08. The van der Waals surface area contributed by atoms with E-state index in [0.717, 1.165) is 5.56 Å². The molecule has 1 aliphatic rings. The molecule has 1 aromatic rings. The fourth-order valence-corrected chi connectivity index (χ4v) is 5.43. The number of carbonyl (C=O) groups excluding carboxylic acids is 1. The molecule has 7 heteroatoms. The summed E-state index contributed by atoms with van der Waals surface area (Å²) in [6.07, 6.45) is -0.300. The number of carbonyl (C=O) groups is 1. The lowest BCUT2D eigenvalue weighted by Crippen LogP contribution is -2.31. The molecular formula is C14H17BrO5S. The Morgan fingerprint density at radius 2 is 2.05 bits per heavy atom. The molecule has 1 heterocycles. The van der Waals surface area contributed by atoms with Gasteiger partial charge in [0.1, 0.15) is 5.75 Å². The van der Waals surface area contributed by atoms with Crippen LogP contribution >= 0.6 is 15.9 Å². The van der Waals surface area contributed by atoms with E-state index in [1.165, 1.54) is 7.11 Å². The Bertz CT molecular complexity index is 679. The van der Waals surface area contributed by atoms with E-state index in [9.17, 15) is 13.2 Å². The first-order valence-corrected chi connectivity index (χ1v) is 9.21. The molecular weight excluding hydrogens is 360 g/mol. The molecule has 1 aliphatic heterocycles. The summed E-state index contributed by atoms with van der Waals surface area (Å²) in [4.78, 5) is 11.6. The molecule has 5 nitrogen and oxygen atoms in total. The van der Waals surface area contributed by atoms with E-state index in [-0.39, 0.29) is 27.1 Å². The molecule has 0 fully saturated rings. The quantitative estimate of drug-likeness (QED) is 0.450. The summed E-state index contributed by atoms with van der Waals surface area (Å²) in [5.74, 6) is 0.299. The van der Waals surface area contributed by atoms with Gasteiger partial charge in [-0.05, 0) is 23.5 Å². The van der Waals surface area contributed by atoms with Crippen molar-refractivity contribution in [1.29, 1.82) is 0 Å². The minimum atomic E-state index is -3.38. The zero-order valence-electron chi connectivity index (χ0n) is 12.1. The molecule has 0 radical (unpaired) electrons. The maximum atomic E-state index is 12.5. The van der Waals surface area contributed by atoms with Crippen LogP contribution in [0.3, 0.4) is 0 Å². The van der Waals surface area contributed by atoms with E-state index >= 15 is 0 Å². The van der Waals surface area contributed by atoms with Crippen molar-refractivity contribution < 1.29 is 22.7 Å². The van der Waals surface area contributed by atoms with Gasteiger partial charge >= 0.3 is 6.16 Å². The molecule has 21 heavy (non-hydrogen) atoms. The van der Waals surface area contributed by atoms with Gasteiger partial charge in [0.2, 0.25) is 0 Å². The first kappa shape index (κ1) is 16.3. The number of rotatable bonds is 2. The molecule has 1 aromatic carbocycles. The molecule has 2 rings (SSSR count). The fraction of sp³-hybridized carbons (Fsp3) is 0.500. The van der Waals surface area contributed by atoms with Crippen LogP contribution < -0.4 is 4.74 Å². The van der Waals surface area contributed by atoms with E-state index in [1.807, 2.05) is 13.8 Å². The van der Waals surface area contributed by atoms with Crippen LogP contribution in [0.1, 0.15) is 31.4 Å². The van der Waals surface area contributed by atoms with E-state index in [4.69, 9.17) is 4.74 Å². The van der Waals surface area contributed by atoms with Gasteiger partial charge in [0.25, 0.3) is 0 Å². The summed E-state index contributed by atoms with van der Waals surface area (Å²) in [6, 6.07) is 3.34. The van der Waals surface area contributed by atoms with Gasteiger partial charge in [0, 0.05) is 10.9 Å². The summed E-state index contributed by atoms with van der Waals surface area (Å²) < 4.78 is 34.4. The van der Waals surface area contributed by atoms with Crippen LogP contribution in [0.25, 0.3) is 0 Å². The van der Waals surface area contributed by atoms with Crippen LogP contribution in [0.15, 0.2) is 17.0 Å². The number of fused-ring (bicyclic) bond motifs is 1. The van der Waals surface area contributed by atoms with Crippen molar-refractivity contribution in [3.8, 4) is 5.75 Å². The average Bonchev–Trinajstić information content (AvgIpc) is 2.43. The summed E-state index contributed by atoms with van der Waals surface area (Å²) in [7, 11) is -2.18. The predicted octanol–water partition coefficient (Wildman–Crippen LogP) is 3.18. The number of hydrogen-bond acceptors (Lipinski definition) is 5. The minimum Gasteiger partial charge on any atom is -0.437 e. The van der Waals surface area contributed by atoms with Crippen molar-refractivity contribution in [2.45, 2.75) is 35.9 Å². The standard InChI is InChI=1S/C14H17BrO5S/c1-14(2)6-7-21(17,18)12-9(8-15)11(5-4-10(12)14)20-13(16)19-3/h4-5H,6-8H2,1-3H3. The number of halogens is 1. The molecule has 0 saturated heterocycles. The van der Waals surface area contributed by atoms with Gasteiger partial charge in [0.05, 0.1) is 17.8 Å². The second-order valence-electron chi connectivity index (χ2n) is 5.56. The molecule has 116 valence electrons. The SMILES string of the molecule is COC(=O)Oc1ccc2c(c1CBr)S(=O)(=O)CCC2(C)C. The maximum Gasteiger partial charge on any atom is 0.513 e. The highest BCUT2D eigenvalue weighted by atomic mass is 79.9. The monoisotopic (exact) mass is 376 g/mol. The van der Waals surface area contributed by atoms with Crippen molar-refractivity contribution in [3.63, 3.8) is 0 Å². The highest BCUT2D eigenvalue weighted by Gasteiger charge is 2.38. The van der Waals surface area contributed by atoms with Crippen LogP contribution in [-0.2, 0) is 25.3 Å². The Morgan fingerprint density at radius 1 is 1.38 bits per heavy atom. The van der Waals surface area contributed by atoms with Gasteiger partial charge < -0.3 is 9.47 Å². The lowest BCUT2D eigenvalue weighted by atomic mass is 9.81. The number of alkyl halides is 1. The number of sulfone groups is 1. The topological polar surface area (TPSA) is 69.7 Å². The molecule has 0 amide bonds. The molecule has 0 spiro atoms. The number of methoxy groups -OCH3 is 1. The third kappa shape index (κ3) is 2.94. The third-order valence-electron chi connectivity index (χ3n) is 3.75. The van der Waals surface area contributed by atoms with Gasteiger partial charge in [-0.3, -0.25) is 0 Å². The molecule has 0 saturated carbocycles. The number of hydrogen-bond donors (Lipinski definition) is 0. The second-order valence-corrected chi connectivity index (χ2v) is 8.17. The zero-order valence-corrected chi connectivity index (χ0v) is 14.5. The van der Waals surface area contributed by atoms with Gasteiger partial charge in [-0.25, -0.2) is 13.2 Å². The lowest BCUT2D eigenvalue weighted by Gasteiger charge is -2.33. The Kier molecular flexibility index (Phi) is 4.35. The van der Waals surface area contributed by atoms with Crippen LogP contribution in [-0.4, -0.2) is 27.4 Å². The van der Waals surface area contributed by atoms with Crippen molar-refractivity contribution in [1.82, 2.24) is 0 Å².